The molecule has 0 fully saturated rings. The van der Waals surface area contributed by atoms with Gasteiger partial charge in [-0.15, -0.1) is 11.3 Å². The summed E-state index contributed by atoms with van der Waals surface area (Å²) in [4.78, 5) is 5.18. The molecule has 6 aromatic rings. The van der Waals surface area contributed by atoms with E-state index < -0.39 is 0 Å². The summed E-state index contributed by atoms with van der Waals surface area (Å²) in [6.45, 7) is 30.2. The molecule has 4 nitrogen and oxygen atoms in total. The van der Waals surface area contributed by atoms with E-state index in [4.69, 9.17) is 9.47 Å². The molecule has 4 heterocycles. The Morgan fingerprint density at radius 2 is 1.25 bits per heavy atom. The van der Waals surface area contributed by atoms with E-state index >= 15 is 0 Å². The number of nitrogens with zero attached hydrogens (tertiary/aromatic N) is 2. The van der Waals surface area contributed by atoms with Crippen LogP contribution in [0.5, 0.6) is 11.5 Å². The van der Waals surface area contributed by atoms with Crippen LogP contribution in [0.2, 0.25) is 0 Å². The Bertz CT molecular complexity index is 2580. The van der Waals surface area contributed by atoms with E-state index in [0.717, 1.165) is 17.1 Å². The SMILES string of the molecule is Cc1cc2c(c(C)c1N1c3cc(C(C)C)cc4c3B(c3cc(C(C)(C)C)ccc3N4c3ccc(C(C)(C)C)cc3)c3sc4ccc(C(C)(C)C)cc4c31)OCO2. The highest BCUT2D eigenvalue weighted by molar-refractivity contribution is 7.33. The Hall–Kier alpha value is -4.68. The van der Waals surface area contributed by atoms with Gasteiger partial charge in [0, 0.05) is 43.2 Å². The van der Waals surface area contributed by atoms with E-state index in [1.807, 2.05) is 11.3 Å². The molecule has 56 heavy (non-hydrogen) atoms. The fourth-order valence-electron chi connectivity index (χ4n) is 9.10. The zero-order valence-electron chi connectivity index (χ0n) is 35.5. The molecule has 286 valence electrons. The Balaban J connectivity index is 1.44. The highest BCUT2D eigenvalue weighted by Gasteiger charge is 2.47. The molecule has 0 amide bonds. The lowest BCUT2D eigenvalue weighted by atomic mass is 9.36. The van der Waals surface area contributed by atoms with E-state index in [-0.39, 0.29) is 29.8 Å². The van der Waals surface area contributed by atoms with Gasteiger partial charge in [0.1, 0.15) is 0 Å². The number of ether oxygens (including phenoxy) is 2. The predicted molar refractivity (Wildman–Crippen MR) is 242 cm³/mol. The van der Waals surface area contributed by atoms with Crippen LogP contribution in [0, 0.1) is 13.8 Å². The summed E-state index contributed by atoms with van der Waals surface area (Å²) >= 11 is 1.97. The number of rotatable bonds is 3. The van der Waals surface area contributed by atoms with Gasteiger partial charge in [0.05, 0.1) is 11.4 Å². The monoisotopic (exact) mass is 758 g/mol. The first-order chi connectivity index (χ1) is 26.3. The van der Waals surface area contributed by atoms with Gasteiger partial charge in [0.25, 0.3) is 6.71 Å². The van der Waals surface area contributed by atoms with Gasteiger partial charge in [-0.2, -0.15) is 0 Å². The Morgan fingerprint density at radius 3 is 1.89 bits per heavy atom. The van der Waals surface area contributed by atoms with Crippen LogP contribution in [0.3, 0.4) is 0 Å². The van der Waals surface area contributed by atoms with E-state index in [2.05, 4.69) is 179 Å². The molecule has 5 aromatic carbocycles. The average molecular weight is 759 g/mol. The lowest BCUT2D eigenvalue weighted by Crippen LogP contribution is -2.60. The van der Waals surface area contributed by atoms with Crippen molar-refractivity contribution in [3.05, 3.63) is 112 Å². The Labute approximate surface area is 338 Å². The molecular weight excluding hydrogens is 703 g/mol. The molecule has 0 saturated carbocycles. The number of thiophene rings is 1. The summed E-state index contributed by atoms with van der Waals surface area (Å²) in [5.74, 6) is 1.99. The molecule has 0 aliphatic carbocycles. The third-order valence-electron chi connectivity index (χ3n) is 12.4. The van der Waals surface area contributed by atoms with E-state index in [1.165, 1.54) is 87.7 Å². The maximum Gasteiger partial charge on any atom is 0.264 e. The zero-order valence-corrected chi connectivity index (χ0v) is 36.3. The fourth-order valence-corrected chi connectivity index (χ4v) is 10.4. The van der Waals surface area contributed by atoms with Crippen molar-refractivity contribution in [1.82, 2.24) is 0 Å². The van der Waals surface area contributed by atoms with Gasteiger partial charge >= 0.3 is 0 Å². The molecule has 1 aromatic heterocycles. The molecule has 0 spiro atoms. The van der Waals surface area contributed by atoms with E-state index in [9.17, 15) is 0 Å². The number of aryl methyl sites for hydroxylation is 1. The zero-order chi connectivity index (χ0) is 39.8. The molecule has 0 radical (unpaired) electrons. The van der Waals surface area contributed by atoms with Gasteiger partial charge in [-0.05, 0) is 123 Å². The van der Waals surface area contributed by atoms with Gasteiger partial charge < -0.3 is 19.3 Å². The summed E-state index contributed by atoms with van der Waals surface area (Å²) in [6, 6.07) is 31.0. The molecule has 6 heteroatoms. The topological polar surface area (TPSA) is 24.9 Å². The van der Waals surface area contributed by atoms with Gasteiger partial charge in [-0.25, -0.2) is 0 Å². The summed E-state index contributed by atoms with van der Waals surface area (Å²) in [5, 5.41) is 1.31. The lowest BCUT2D eigenvalue weighted by molar-refractivity contribution is 0.173. The van der Waals surface area contributed by atoms with Crippen LogP contribution in [0.4, 0.5) is 34.1 Å². The number of benzene rings is 5. The van der Waals surface area contributed by atoms with Crippen molar-refractivity contribution in [2.75, 3.05) is 16.6 Å². The number of hydrogen-bond donors (Lipinski definition) is 0. The molecule has 3 aliphatic rings. The number of fused-ring (bicyclic) bond motifs is 7. The summed E-state index contributed by atoms with van der Waals surface area (Å²) in [6.07, 6.45) is 0. The summed E-state index contributed by atoms with van der Waals surface area (Å²) in [7, 11) is 0. The van der Waals surface area contributed by atoms with Crippen LogP contribution in [0.1, 0.15) is 115 Å². The predicted octanol–water partition coefficient (Wildman–Crippen LogP) is 12.3. The van der Waals surface area contributed by atoms with Crippen LogP contribution in [0.15, 0.2) is 78.9 Å². The van der Waals surface area contributed by atoms with Crippen molar-refractivity contribution in [1.29, 1.82) is 0 Å². The van der Waals surface area contributed by atoms with Crippen molar-refractivity contribution in [2.45, 2.75) is 112 Å². The molecule has 9 rings (SSSR count). The van der Waals surface area contributed by atoms with Crippen molar-refractivity contribution < 1.29 is 9.47 Å². The molecular formula is C50H55BN2O2S. The molecule has 0 unspecified atom stereocenters. The minimum Gasteiger partial charge on any atom is -0.454 e. The molecule has 0 saturated heterocycles. The van der Waals surface area contributed by atoms with Crippen LogP contribution in [0.25, 0.3) is 10.1 Å². The second kappa shape index (κ2) is 12.4. The third-order valence-corrected chi connectivity index (χ3v) is 13.6. The fraction of sp³-hybridized carbons (Fsp3) is 0.360. The second-order valence-electron chi connectivity index (χ2n) is 19.7. The number of anilines is 6. The van der Waals surface area contributed by atoms with Crippen molar-refractivity contribution >= 4 is 78.0 Å². The highest BCUT2D eigenvalue weighted by atomic mass is 32.1. The lowest BCUT2D eigenvalue weighted by Gasteiger charge is -2.44. The van der Waals surface area contributed by atoms with Gasteiger partial charge in [-0.1, -0.05) is 106 Å². The number of hydrogen-bond acceptors (Lipinski definition) is 5. The maximum atomic E-state index is 6.21. The Kier molecular flexibility index (Phi) is 8.19. The van der Waals surface area contributed by atoms with Crippen LogP contribution < -0.4 is 35.0 Å². The van der Waals surface area contributed by atoms with Crippen molar-refractivity contribution in [3.8, 4) is 11.5 Å². The van der Waals surface area contributed by atoms with Gasteiger partial charge in [-0.3, -0.25) is 0 Å². The minimum atomic E-state index is -0.00909. The standard InChI is InChI=1S/C50H55BN2O2S/c1-28(2)31-23-39-43-40(24-31)53(44-29(3)22-41-46(30(44)4)55-27-54-41)45-36-25-33(49(8,9)10)17-21-42(36)56-47(45)51(43)37-26-34(50(11,12)13)16-20-38(37)52(39)35-18-14-32(15-19-35)48(5,6)7/h14-26,28H,27H2,1-13H3. The minimum absolute atomic E-state index is 0.00503. The molecule has 3 aliphatic heterocycles. The van der Waals surface area contributed by atoms with Crippen LogP contribution in [-0.2, 0) is 16.2 Å². The van der Waals surface area contributed by atoms with Crippen LogP contribution >= 0.6 is 11.3 Å². The van der Waals surface area contributed by atoms with Gasteiger partial charge in [0.15, 0.2) is 11.5 Å². The smallest absolute Gasteiger partial charge is 0.264 e. The normalized spacial score (nSPS) is 14.8. The van der Waals surface area contributed by atoms with Crippen molar-refractivity contribution in [3.63, 3.8) is 0 Å². The highest BCUT2D eigenvalue weighted by Crippen LogP contribution is 2.53. The van der Waals surface area contributed by atoms with Crippen molar-refractivity contribution in [2.24, 2.45) is 0 Å². The quantitative estimate of drug-likeness (QED) is 0.168. The van der Waals surface area contributed by atoms with E-state index in [1.54, 1.807) is 0 Å². The summed E-state index contributed by atoms with van der Waals surface area (Å²) in [5.41, 5.74) is 17.8. The molecule has 0 atom stereocenters. The maximum absolute atomic E-state index is 6.21. The first-order valence-corrected chi connectivity index (χ1v) is 21.1. The van der Waals surface area contributed by atoms with Gasteiger partial charge in [0.2, 0.25) is 6.79 Å². The summed E-state index contributed by atoms with van der Waals surface area (Å²) < 4.78 is 14.9. The molecule has 0 bridgehead atoms. The Morgan fingerprint density at radius 1 is 0.643 bits per heavy atom. The first-order valence-electron chi connectivity index (χ1n) is 20.3. The largest absolute Gasteiger partial charge is 0.454 e. The second-order valence-corrected chi connectivity index (χ2v) is 20.8. The van der Waals surface area contributed by atoms with E-state index in [0.29, 0.717) is 5.92 Å². The average Bonchev–Trinajstić information content (AvgIpc) is 3.75. The third kappa shape index (κ3) is 5.61. The molecule has 0 N–H and O–H groups in total. The van der Waals surface area contributed by atoms with Crippen LogP contribution in [-0.4, -0.2) is 13.5 Å². The first kappa shape index (κ1) is 36.9.